The summed E-state index contributed by atoms with van der Waals surface area (Å²) in [6.07, 6.45) is 3.72. The standard InChI is InChI=1S/C17H32N4/c1-5-16-9-17(20(4)19-16)13-21-8-6-7-15(12-21)11-18-10-14(2)3/h9,14-15,18H,5-8,10-13H2,1-4H3. The van der Waals surface area contributed by atoms with Crippen LogP contribution in [0.4, 0.5) is 0 Å². The van der Waals surface area contributed by atoms with Crippen LogP contribution in [0.5, 0.6) is 0 Å². The zero-order chi connectivity index (χ0) is 15.2. The minimum atomic E-state index is 0.742. The summed E-state index contributed by atoms with van der Waals surface area (Å²) in [4.78, 5) is 2.60. The fraction of sp³-hybridized carbons (Fsp3) is 0.824. The van der Waals surface area contributed by atoms with Crippen molar-refractivity contribution in [3.8, 4) is 0 Å². The van der Waals surface area contributed by atoms with Crippen LogP contribution in [0, 0.1) is 11.8 Å². The second-order valence-electron chi connectivity index (χ2n) is 6.90. The van der Waals surface area contributed by atoms with Crippen LogP contribution in [-0.4, -0.2) is 40.9 Å². The van der Waals surface area contributed by atoms with Crippen LogP contribution in [0.25, 0.3) is 0 Å². The lowest BCUT2D eigenvalue weighted by atomic mass is 9.97. The molecule has 2 rings (SSSR count). The van der Waals surface area contributed by atoms with E-state index in [1.807, 2.05) is 0 Å². The lowest BCUT2D eigenvalue weighted by molar-refractivity contribution is 0.161. The van der Waals surface area contributed by atoms with E-state index in [0.717, 1.165) is 31.3 Å². The molecular formula is C17H32N4. The minimum absolute atomic E-state index is 0.742. The Morgan fingerprint density at radius 2 is 2.24 bits per heavy atom. The maximum absolute atomic E-state index is 4.56. The Hall–Kier alpha value is -0.870. The molecule has 0 spiro atoms. The normalized spacial score (nSPS) is 20.3. The van der Waals surface area contributed by atoms with Gasteiger partial charge in [-0.3, -0.25) is 9.58 Å². The molecule has 0 saturated carbocycles. The van der Waals surface area contributed by atoms with Crippen molar-refractivity contribution in [2.45, 2.75) is 46.6 Å². The average molecular weight is 292 g/mol. The summed E-state index contributed by atoms with van der Waals surface area (Å²) in [6, 6.07) is 2.26. The first-order chi connectivity index (χ1) is 10.1. The third-order valence-corrected chi connectivity index (χ3v) is 4.36. The topological polar surface area (TPSA) is 33.1 Å². The molecule has 21 heavy (non-hydrogen) atoms. The smallest absolute Gasteiger partial charge is 0.0625 e. The zero-order valence-corrected chi connectivity index (χ0v) is 14.2. The number of piperidine rings is 1. The summed E-state index contributed by atoms with van der Waals surface area (Å²) in [6.45, 7) is 12.5. The monoisotopic (exact) mass is 292 g/mol. The second kappa shape index (κ2) is 7.95. The molecule has 0 radical (unpaired) electrons. The van der Waals surface area contributed by atoms with Crippen molar-refractivity contribution in [1.82, 2.24) is 20.0 Å². The number of hydrogen-bond acceptors (Lipinski definition) is 3. The number of nitrogens with one attached hydrogen (secondary N) is 1. The van der Waals surface area contributed by atoms with Gasteiger partial charge in [-0.2, -0.15) is 5.10 Å². The molecule has 0 aliphatic carbocycles. The molecular weight excluding hydrogens is 260 g/mol. The predicted octanol–water partition coefficient (Wildman–Crippen LogP) is 2.44. The van der Waals surface area contributed by atoms with Gasteiger partial charge in [0.25, 0.3) is 0 Å². The van der Waals surface area contributed by atoms with Crippen LogP contribution in [-0.2, 0) is 20.0 Å². The first-order valence-corrected chi connectivity index (χ1v) is 8.53. The number of aromatic nitrogens is 2. The van der Waals surface area contributed by atoms with Gasteiger partial charge in [-0.15, -0.1) is 0 Å². The number of aryl methyl sites for hydroxylation is 2. The quantitative estimate of drug-likeness (QED) is 0.838. The Morgan fingerprint density at radius 1 is 1.43 bits per heavy atom. The van der Waals surface area contributed by atoms with E-state index in [2.05, 4.69) is 53.9 Å². The van der Waals surface area contributed by atoms with E-state index in [1.54, 1.807) is 0 Å². The van der Waals surface area contributed by atoms with E-state index in [-0.39, 0.29) is 0 Å². The molecule has 4 nitrogen and oxygen atoms in total. The lowest BCUT2D eigenvalue weighted by Gasteiger charge is -2.33. The van der Waals surface area contributed by atoms with Gasteiger partial charge in [-0.25, -0.2) is 0 Å². The Labute approximate surface area is 129 Å². The first-order valence-electron chi connectivity index (χ1n) is 8.53. The number of nitrogens with zero attached hydrogens (tertiary/aromatic N) is 3. The molecule has 1 N–H and O–H groups in total. The predicted molar refractivity (Wildman–Crippen MR) is 88.3 cm³/mol. The summed E-state index contributed by atoms with van der Waals surface area (Å²) in [5, 5.41) is 8.18. The van der Waals surface area contributed by atoms with Crippen molar-refractivity contribution in [1.29, 1.82) is 0 Å². The lowest BCUT2D eigenvalue weighted by Crippen LogP contribution is -2.40. The van der Waals surface area contributed by atoms with Crippen molar-refractivity contribution >= 4 is 0 Å². The summed E-state index contributed by atoms with van der Waals surface area (Å²) >= 11 is 0. The summed E-state index contributed by atoms with van der Waals surface area (Å²) < 4.78 is 2.06. The van der Waals surface area contributed by atoms with Crippen molar-refractivity contribution in [2.24, 2.45) is 18.9 Å². The Bertz CT molecular complexity index is 424. The van der Waals surface area contributed by atoms with Gasteiger partial charge in [0, 0.05) is 20.1 Å². The average Bonchev–Trinajstić information content (AvgIpc) is 2.79. The SMILES string of the molecule is CCc1cc(CN2CCCC(CNCC(C)C)C2)n(C)n1. The van der Waals surface area contributed by atoms with Gasteiger partial charge in [0.1, 0.15) is 0 Å². The van der Waals surface area contributed by atoms with Gasteiger partial charge in [-0.05, 0) is 56.8 Å². The highest BCUT2D eigenvalue weighted by Gasteiger charge is 2.20. The third-order valence-electron chi connectivity index (χ3n) is 4.36. The molecule has 1 fully saturated rings. The zero-order valence-electron chi connectivity index (χ0n) is 14.2. The minimum Gasteiger partial charge on any atom is -0.316 e. The van der Waals surface area contributed by atoms with Crippen LogP contribution in [0.2, 0.25) is 0 Å². The molecule has 1 aliphatic rings. The summed E-state index contributed by atoms with van der Waals surface area (Å²) in [5.41, 5.74) is 2.56. The molecule has 4 heteroatoms. The van der Waals surface area contributed by atoms with Crippen LogP contribution < -0.4 is 5.32 Å². The maximum Gasteiger partial charge on any atom is 0.0625 e. The molecule has 1 unspecified atom stereocenters. The number of rotatable bonds is 7. The molecule has 1 atom stereocenters. The van der Waals surface area contributed by atoms with Gasteiger partial charge in [0.15, 0.2) is 0 Å². The Morgan fingerprint density at radius 3 is 2.90 bits per heavy atom. The van der Waals surface area contributed by atoms with Gasteiger partial charge in [0.05, 0.1) is 11.4 Å². The van der Waals surface area contributed by atoms with E-state index in [9.17, 15) is 0 Å². The van der Waals surface area contributed by atoms with E-state index in [1.165, 1.54) is 43.9 Å². The van der Waals surface area contributed by atoms with Gasteiger partial charge < -0.3 is 5.32 Å². The summed E-state index contributed by atoms with van der Waals surface area (Å²) in [7, 11) is 2.07. The fourth-order valence-corrected chi connectivity index (χ4v) is 3.16. The second-order valence-corrected chi connectivity index (χ2v) is 6.90. The fourth-order valence-electron chi connectivity index (χ4n) is 3.16. The van der Waals surface area contributed by atoms with E-state index >= 15 is 0 Å². The molecule has 1 aromatic rings. The van der Waals surface area contributed by atoms with Gasteiger partial charge in [-0.1, -0.05) is 20.8 Å². The van der Waals surface area contributed by atoms with Crippen molar-refractivity contribution in [2.75, 3.05) is 26.2 Å². The highest BCUT2D eigenvalue weighted by atomic mass is 15.3. The Kier molecular flexibility index (Phi) is 6.24. The first kappa shape index (κ1) is 16.5. The largest absolute Gasteiger partial charge is 0.316 e. The van der Waals surface area contributed by atoms with Crippen molar-refractivity contribution < 1.29 is 0 Å². The van der Waals surface area contributed by atoms with Crippen LogP contribution in [0.15, 0.2) is 6.07 Å². The molecule has 0 bridgehead atoms. The van der Waals surface area contributed by atoms with E-state index in [4.69, 9.17) is 0 Å². The molecule has 2 heterocycles. The number of hydrogen-bond donors (Lipinski definition) is 1. The molecule has 0 aromatic carbocycles. The van der Waals surface area contributed by atoms with E-state index in [0.29, 0.717) is 0 Å². The van der Waals surface area contributed by atoms with Crippen LogP contribution in [0.1, 0.15) is 45.0 Å². The number of likely N-dealkylation sites (tertiary alicyclic amines) is 1. The van der Waals surface area contributed by atoms with E-state index < -0.39 is 0 Å². The molecule has 1 saturated heterocycles. The molecule has 0 amide bonds. The van der Waals surface area contributed by atoms with Crippen molar-refractivity contribution in [3.63, 3.8) is 0 Å². The van der Waals surface area contributed by atoms with Gasteiger partial charge >= 0.3 is 0 Å². The summed E-state index contributed by atoms with van der Waals surface area (Å²) in [5.74, 6) is 1.54. The van der Waals surface area contributed by atoms with Crippen LogP contribution in [0.3, 0.4) is 0 Å². The third kappa shape index (κ3) is 5.11. The van der Waals surface area contributed by atoms with Gasteiger partial charge in [0.2, 0.25) is 0 Å². The highest BCUT2D eigenvalue weighted by molar-refractivity contribution is 5.10. The molecule has 1 aliphatic heterocycles. The highest BCUT2D eigenvalue weighted by Crippen LogP contribution is 2.18. The van der Waals surface area contributed by atoms with Crippen molar-refractivity contribution in [3.05, 3.63) is 17.5 Å². The molecule has 1 aromatic heterocycles. The molecule has 120 valence electrons. The van der Waals surface area contributed by atoms with Crippen LogP contribution >= 0.6 is 0 Å². The maximum atomic E-state index is 4.56. The Balaban J connectivity index is 1.81.